The first-order chi connectivity index (χ1) is 7.60. The molecule has 0 fully saturated rings. The quantitative estimate of drug-likeness (QED) is 0.502. The summed E-state index contributed by atoms with van der Waals surface area (Å²) < 4.78 is 5.15. The number of esters is 1. The van der Waals surface area contributed by atoms with Crippen molar-refractivity contribution in [2.24, 2.45) is 17.6 Å². The summed E-state index contributed by atoms with van der Waals surface area (Å²) in [5.41, 5.74) is 5.63. The van der Waals surface area contributed by atoms with E-state index in [1.165, 1.54) is 0 Å². The van der Waals surface area contributed by atoms with E-state index in [1.54, 1.807) is 11.8 Å². The van der Waals surface area contributed by atoms with Crippen molar-refractivity contribution in [3.05, 3.63) is 0 Å². The Morgan fingerprint density at radius 2 is 2.12 bits per heavy atom. The molecule has 0 aliphatic carbocycles. The second kappa shape index (κ2) is 9.97. The van der Waals surface area contributed by atoms with E-state index in [0.29, 0.717) is 25.5 Å². The fraction of sp³-hybridized carbons (Fsp3) is 0.917. The highest BCUT2D eigenvalue weighted by Crippen LogP contribution is 2.14. The summed E-state index contributed by atoms with van der Waals surface area (Å²) in [6, 6.07) is 0. The lowest BCUT2D eigenvalue weighted by molar-refractivity contribution is -0.144. The van der Waals surface area contributed by atoms with Crippen LogP contribution < -0.4 is 5.73 Å². The van der Waals surface area contributed by atoms with Crippen LogP contribution in [0.25, 0.3) is 0 Å². The highest BCUT2D eigenvalue weighted by atomic mass is 32.2. The fourth-order valence-corrected chi connectivity index (χ4v) is 2.02. The Kier molecular flexibility index (Phi) is 9.83. The molecule has 96 valence electrons. The Morgan fingerprint density at radius 3 is 2.62 bits per heavy atom. The SMILES string of the molecule is CSCCCOC(=O)C[C@@H](CN)CC(C)C. The molecular weight excluding hydrogens is 222 g/mol. The van der Waals surface area contributed by atoms with Gasteiger partial charge >= 0.3 is 5.97 Å². The molecule has 0 bridgehead atoms. The van der Waals surface area contributed by atoms with Crippen LogP contribution in [0.15, 0.2) is 0 Å². The Balaban J connectivity index is 3.66. The number of hydrogen-bond acceptors (Lipinski definition) is 4. The van der Waals surface area contributed by atoms with E-state index < -0.39 is 0 Å². The molecule has 0 spiro atoms. The molecule has 0 aromatic rings. The number of nitrogens with two attached hydrogens (primary N) is 1. The zero-order valence-corrected chi connectivity index (χ0v) is 11.5. The summed E-state index contributed by atoms with van der Waals surface area (Å²) in [5, 5.41) is 0. The van der Waals surface area contributed by atoms with Crippen LogP contribution in [0.4, 0.5) is 0 Å². The van der Waals surface area contributed by atoms with E-state index in [-0.39, 0.29) is 11.9 Å². The summed E-state index contributed by atoms with van der Waals surface area (Å²) in [4.78, 5) is 11.5. The van der Waals surface area contributed by atoms with Crippen molar-refractivity contribution >= 4 is 17.7 Å². The van der Waals surface area contributed by atoms with Gasteiger partial charge in [-0.25, -0.2) is 0 Å². The van der Waals surface area contributed by atoms with E-state index in [1.807, 2.05) is 0 Å². The standard InChI is InChI=1S/C12H25NO2S/c1-10(2)7-11(9-13)8-12(14)15-5-4-6-16-3/h10-11H,4-9,13H2,1-3H3/t11-/m0/s1. The minimum Gasteiger partial charge on any atom is -0.466 e. The molecule has 0 saturated heterocycles. The van der Waals surface area contributed by atoms with Crippen molar-refractivity contribution in [3.8, 4) is 0 Å². The lowest BCUT2D eigenvalue weighted by Crippen LogP contribution is -2.21. The van der Waals surface area contributed by atoms with Gasteiger partial charge in [-0.3, -0.25) is 4.79 Å². The maximum absolute atomic E-state index is 11.5. The van der Waals surface area contributed by atoms with Crippen molar-refractivity contribution in [2.75, 3.05) is 25.2 Å². The Labute approximate surface area is 103 Å². The van der Waals surface area contributed by atoms with Gasteiger partial charge in [-0.15, -0.1) is 0 Å². The summed E-state index contributed by atoms with van der Waals surface area (Å²) in [7, 11) is 0. The van der Waals surface area contributed by atoms with Gasteiger partial charge in [-0.1, -0.05) is 13.8 Å². The first-order valence-corrected chi connectivity index (χ1v) is 7.34. The van der Waals surface area contributed by atoms with Gasteiger partial charge in [0.1, 0.15) is 0 Å². The zero-order chi connectivity index (χ0) is 12.4. The molecular formula is C12H25NO2S. The molecule has 0 saturated carbocycles. The number of carbonyl (C=O) groups is 1. The van der Waals surface area contributed by atoms with Gasteiger partial charge in [0.2, 0.25) is 0 Å². The first kappa shape index (κ1) is 15.8. The third-order valence-electron chi connectivity index (χ3n) is 2.35. The van der Waals surface area contributed by atoms with Gasteiger partial charge < -0.3 is 10.5 Å². The van der Waals surface area contributed by atoms with Crippen LogP contribution >= 0.6 is 11.8 Å². The average molecular weight is 247 g/mol. The molecule has 1 atom stereocenters. The van der Waals surface area contributed by atoms with Crippen LogP contribution in [0, 0.1) is 11.8 Å². The number of hydrogen-bond donors (Lipinski definition) is 1. The maximum Gasteiger partial charge on any atom is 0.306 e. The Bertz CT molecular complexity index is 186. The number of rotatable bonds is 9. The van der Waals surface area contributed by atoms with Crippen LogP contribution in [0.5, 0.6) is 0 Å². The first-order valence-electron chi connectivity index (χ1n) is 5.94. The third-order valence-corrected chi connectivity index (χ3v) is 3.05. The molecule has 0 aliphatic heterocycles. The Morgan fingerprint density at radius 1 is 1.44 bits per heavy atom. The average Bonchev–Trinajstić information content (AvgIpc) is 2.23. The lowest BCUT2D eigenvalue weighted by atomic mass is 9.94. The van der Waals surface area contributed by atoms with Gasteiger partial charge in [0, 0.05) is 6.42 Å². The number of thioether (sulfide) groups is 1. The minimum absolute atomic E-state index is 0.0998. The van der Waals surface area contributed by atoms with Crippen molar-refractivity contribution in [2.45, 2.75) is 33.1 Å². The molecule has 4 heteroatoms. The zero-order valence-electron chi connectivity index (χ0n) is 10.7. The van der Waals surface area contributed by atoms with E-state index >= 15 is 0 Å². The molecule has 3 nitrogen and oxygen atoms in total. The molecule has 0 aliphatic rings. The molecule has 16 heavy (non-hydrogen) atoms. The molecule has 0 unspecified atom stereocenters. The van der Waals surface area contributed by atoms with Gasteiger partial charge in [-0.2, -0.15) is 11.8 Å². The minimum atomic E-state index is -0.0998. The normalized spacial score (nSPS) is 12.8. The van der Waals surface area contributed by atoms with Crippen LogP contribution in [0.1, 0.15) is 33.1 Å². The smallest absolute Gasteiger partial charge is 0.306 e. The van der Waals surface area contributed by atoms with E-state index in [2.05, 4.69) is 20.1 Å². The summed E-state index contributed by atoms with van der Waals surface area (Å²) in [6.45, 7) is 5.40. The van der Waals surface area contributed by atoms with Crippen LogP contribution in [0.3, 0.4) is 0 Å². The van der Waals surface area contributed by atoms with Crippen LogP contribution in [0.2, 0.25) is 0 Å². The molecule has 0 radical (unpaired) electrons. The monoisotopic (exact) mass is 247 g/mol. The van der Waals surface area contributed by atoms with E-state index in [0.717, 1.165) is 18.6 Å². The van der Waals surface area contributed by atoms with Crippen LogP contribution in [-0.2, 0) is 9.53 Å². The second-order valence-corrected chi connectivity index (χ2v) is 5.49. The van der Waals surface area contributed by atoms with Crippen molar-refractivity contribution in [3.63, 3.8) is 0 Å². The topological polar surface area (TPSA) is 52.3 Å². The largest absolute Gasteiger partial charge is 0.466 e. The molecule has 0 rings (SSSR count). The molecule has 0 aromatic carbocycles. The van der Waals surface area contributed by atoms with Crippen molar-refractivity contribution < 1.29 is 9.53 Å². The molecule has 0 aromatic heterocycles. The van der Waals surface area contributed by atoms with Gasteiger partial charge in [0.15, 0.2) is 0 Å². The Hall–Kier alpha value is -0.220. The predicted octanol–water partition coefficient (Wildman–Crippen LogP) is 2.29. The summed E-state index contributed by atoms with van der Waals surface area (Å²) in [5.74, 6) is 1.79. The fourth-order valence-electron chi connectivity index (χ4n) is 1.61. The third kappa shape index (κ3) is 9.04. The van der Waals surface area contributed by atoms with Crippen molar-refractivity contribution in [1.29, 1.82) is 0 Å². The van der Waals surface area contributed by atoms with E-state index in [4.69, 9.17) is 10.5 Å². The second-order valence-electron chi connectivity index (χ2n) is 4.50. The van der Waals surface area contributed by atoms with Gasteiger partial charge in [-0.05, 0) is 43.2 Å². The highest BCUT2D eigenvalue weighted by molar-refractivity contribution is 7.98. The highest BCUT2D eigenvalue weighted by Gasteiger charge is 2.14. The molecule has 0 heterocycles. The summed E-state index contributed by atoms with van der Waals surface area (Å²) >= 11 is 1.77. The summed E-state index contributed by atoms with van der Waals surface area (Å²) in [6.07, 6.45) is 4.45. The van der Waals surface area contributed by atoms with Gasteiger partial charge in [0.25, 0.3) is 0 Å². The van der Waals surface area contributed by atoms with Crippen molar-refractivity contribution in [1.82, 2.24) is 0 Å². The predicted molar refractivity (Wildman–Crippen MR) is 70.6 cm³/mol. The maximum atomic E-state index is 11.5. The van der Waals surface area contributed by atoms with Crippen LogP contribution in [-0.4, -0.2) is 31.1 Å². The molecule has 0 amide bonds. The number of ether oxygens (including phenoxy) is 1. The van der Waals surface area contributed by atoms with Gasteiger partial charge in [0.05, 0.1) is 6.61 Å². The number of carbonyl (C=O) groups excluding carboxylic acids is 1. The van der Waals surface area contributed by atoms with E-state index in [9.17, 15) is 4.79 Å². The molecule has 2 N–H and O–H groups in total. The lowest BCUT2D eigenvalue weighted by Gasteiger charge is -2.16.